The number of carbonyl (C=O) groups excluding carboxylic acids is 1. The van der Waals surface area contributed by atoms with Crippen LogP contribution < -0.4 is 5.32 Å². The van der Waals surface area contributed by atoms with Gasteiger partial charge >= 0.3 is 0 Å². The molecule has 1 atom stereocenters. The zero-order valence-electron chi connectivity index (χ0n) is 13.5. The van der Waals surface area contributed by atoms with E-state index in [0.717, 1.165) is 32.5 Å². The number of hydrogen-bond donors (Lipinski definition) is 1. The summed E-state index contributed by atoms with van der Waals surface area (Å²) in [6.07, 6.45) is 3.52. The minimum Gasteiger partial charge on any atom is -0.448 e. The molecule has 3 rings (SSSR count). The summed E-state index contributed by atoms with van der Waals surface area (Å²) in [6, 6.07) is 10.6. The first-order valence-electron chi connectivity index (χ1n) is 8.17. The van der Waals surface area contributed by atoms with Gasteiger partial charge < -0.3 is 14.6 Å². The highest BCUT2D eigenvalue weighted by Crippen LogP contribution is 2.16. The third-order valence-corrected chi connectivity index (χ3v) is 4.44. The summed E-state index contributed by atoms with van der Waals surface area (Å²) in [6.45, 7) is 5.69. The number of nitrogens with one attached hydrogen (secondary N) is 1. The molecule has 1 saturated heterocycles. The van der Waals surface area contributed by atoms with Crippen LogP contribution in [-0.2, 0) is 6.42 Å². The van der Waals surface area contributed by atoms with Crippen molar-refractivity contribution in [3.8, 4) is 0 Å². The molecule has 5 heteroatoms. The summed E-state index contributed by atoms with van der Waals surface area (Å²) in [5.74, 6) is 0.944. The Kier molecular flexibility index (Phi) is 5.08. The number of oxazole rings is 1. The monoisotopic (exact) mass is 313 g/mol. The fourth-order valence-corrected chi connectivity index (χ4v) is 3.06. The fraction of sp³-hybridized carbons (Fsp3) is 0.444. The lowest BCUT2D eigenvalue weighted by molar-refractivity contribution is 0.0941. The molecular weight excluding hydrogens is 290 g/mol. The Balaban J connectivity index is 1.40. The molecule has 1 fully saturated rings. The zero-order chi connectivity index (χ0) is 16.1. The van der Waals surface area contributed by atoms with Crippen LogP contribution in [0.1, 0.15) is 28.2 Å². The van der Waals surface area contributed by atoms with E-state index in [2.05, 4.69) is 45.5 Å². The van der Waals surface area contributed by atoms with Crippen LogP contribution >= 0.6 is 0 Å². The Morgan fingerprint density at radius 2 is 2.22 bits per heavy atom. The van der Waals surface area contributed by atoms with E-state index in [4.69, 9.17) is 4.42 Å². The molecular formula is C18H23N3O2. The third-order valence-electron chi connectivity index (χ3n) is 4.44. The van der Waals surface area contributed by atoms with Crippen LogP contribution in [0.5, 0.6) is 0 Å². The van der Waals surface area contributed by atoms with Crippen LogP contribution in [-0.4, -0.2) is 42.0 Å². The summed E-state index contributed by atoms with van der Waals surface area (Å²) in [7, 11) is 0. The van der Waals surface area contributed by atoms with Gasteiger partial charge in [-0.15, -0.1) is 0 Å². The van der Waals surface area contributed by atoms with E-state index in [1.807, 2.05) is 0 Å². The van der Waals surface area contributed by atoms with Crippen LogP contribution in [0.25, 0.3) is 0 Å². The van der Waals surface area contributed by atoms with Crippen molar-refractivity contribution in [3.63, 3.8) is 0 Å². The number of amides is 1. The molecule has 122 valence electrons. The number of benzene rings is 1. The van der Waals surface area contributed by atoms with Gasteiger partial charge in [0.1, 0.15) is 5.76 Å². The molecule has 5 nitrogen and oxygen atoms in total. The highest BCUT2D eigenvalue weighted by atomic mass is 16.3. The molecule has 0 spiro atoms. The molecule has 1 aromatic heterocycles. The Bertz CT molecular complexity index is 639. The van der Waals surface area contributed by atoms with Crippen molar-refractivity contribution in [2.45, 2.75) is 19.8 Å². The minimum atomic E-state index is -0.140. The Hall–Kier alpha value is -2.14. The summed E-state index contributed by atoms with van der Waals surface area (Å²) in [5, 5.41) is 2.97. The SMILES string of the molecule is Cc1ocnc1C(=O)NCC1CCN(CCc2ccccc2)C1. The number of likely N-dealkylation sites (tertiary alicyclic amines) is 1. The van der Waals surface area contributed by atoms with E-state index in [1.54, 1.807) is 6.92 Å². The molecule has 1 N–H and O–H groups in total. The second-order valence-electron chi connectivity index (χ2n) is 6.16. The fourth-order valence-electron chi connectivity index (χ4n) is 3.06. The van der Waals surface area contributed by atoms with Crippen LogP contribution in [0.3, 0.4) is 0 Å². The lowest BCUT2D eigenvalue weighted by Crippen LogP contribution is -2.32. The van der Waals surface area contributed by atoms with E-state index < -0.39 is 0 Å². The van der Waals surface area contributed by atoms with Crippen LogP contribution in [0.4, 0.5) is 0 Å². The second kappa shape index (κ2) is 7.42. The molecule has 0 aliphatic carbocycles. The smallest absolute Gasteiger partial charge is 0.273 e. The van der Waals surface area contributed by atoms with Gasteiger partial charge in [-0.05, 0) is 37.8 Å². The van der Waals surface area contributed by atoms with E-state index in [1.165, 1.54) is 12.0 Å². The molecule has 0 bridgehead atoms. The summed E-state index contributed by atoms with van der Waals surface area (Å²) in [4.78, 5) is 18.5. The van der Waals surface area contributed by atoms with Gasteiger partial charge in [0.25, 0.3) is 5.91 Å². The Morgan fingerprint density at radius 1 is 1.39 bits per heavy atom. The van der Waals surface area contributed by atoms with E-state index in [0.29, 0.717) is 23.9 Å². The maximum absolute atomic E-state index is 12.0. The number of nitrogens with zero attached hydrogens (tertiary/aromatic N) is 2. The topological polar surface area (TPSA) is 58.4 Å². The largest absolute Gasteiger partial charge is 0.448 e. The van der Waals surface area contributed by atoms with Crippen molar-refractivity contribution in [2.24, 2.45) is 5.92 Å². The van der Waals surface area contributed by atoms with Crippen molar-refractivity contribution < 1.29 is 9.21 Å². The third kappa shape index (κ3) is 4.20. The van der Waals surface area contributed by atoms with Crippen molar-refractivity contribution in [1.29, 1.82) is 0 Å². The number of aromatic nitrogens is 1. The predicted octanol–water partition coefficient (Wildman–Crippen LogP) is 2.28. The van der Waals surface area contributed by atoms with Gasteiger partial charge in [0.15, 0.2) is 12.1 Å². The van der Waals surface area contributed by atoms with E-state index >= 15 is 0 Å². The Morgan fingerprint density at radius 3 is 2.96 bits per heavy atom. The lowest BCUT2D eigenvalue weighted by atomic mass is 10.1. The van der Waals surface area contributed by atoms with Gasteiger partial charge in [0, 0.05) is 19.6 Å². The molecule has 2 aromatic rings. The maximum Gasteiger partial charge on any atom is 0.273 e. The van der Waals surface area contributed by atoms with Crippen molar-refractivity contribution >= 4 is 5.91 Å². The van der Waals surface area contributed by atoms with Crippen LogP contribution in [0, 0.1) is 12.8 Å². The van der Waals surface area contributed by atoms with E-state index in [9.17, 15) is 4.79 Å². The number of carbonyl (C=O) groups is 1. The predicted molar refractivity (Wildman–Crippen MR) is 88.3 cm³/mol. The first-order chi connectivity index (χ1) is 11.2. The standard InChI is InChI=1S/C18H23N3O2/c1-14-17(20-13-23-14)18(22)19-11-16-8-10-21(12-16)9-7-15-5-3-2-4-6-15/h2-6,13,16H,7-12H2,1H3,(H,19,22). The molecule has 2 heterocycles. The molecule has 1 amide bonds. The Labute approximate surface area is 136 Å². The van der Waals surface area contributed by atoms with Gasteiger partial charge in [-0.2, -0.15) is 0 Å². The molecule has 1 unspecified atom stereocenters. The number of hydrogen-bond acceptors (Lipinski definition) is 4. The summed E-state index contributed by atoms with van der Waals surface area (Å²) in [5.41, 5.74) is 1.77. The molecule has 0 saturated carbocycles. The van der Waals surface area contributed by atoms with Gasteiger partial charge in [-0.1, -0.05) is 30.3 Å². The first kappa shape index (κ1) is 15.7. The molecule has 0 radical (unpaired) electrons. The van der Waals surface area contributed by atoms with Gasteiger partial charge in [-0.25, -0.2) is 4.98 Å². The van der Waals surface area contributed by atoms with Crippen LogP contribution in [0.2, 0.25) is 0 Å². The minimum absolute atomic E-state index is 0.140. The lowest BCUT2D eigenvalue weighted by Gasteiger charge is -2.16. The van der Waals surface area contributed by atoms with Crippen molar-refractivity contribution in [1.82, 2.24) is 15.2 Å². The summed E-state index contributed by atoms with van der Waals surface area (Å²) >= 11 is 0. The molecule has 23 heavy (non-hydrogen) atoms. The van der Waals surface area contributed by atoms with Crippen LogP contribution in [0.15, 0.2) is 41.1 Å². The van der Waals surface area contributed by atoms with E-state index in [-0.39, 0.29) is 5.91 Å². The average Bonchev–Trinajstić information content (AvgIpc) is 3.20. The second-order valence-corrected chi connectivity index (χ2v) is 6.16. The van der Waals surface area contributed by atoms with Gasteiger partial charge in [0.05, 0.1) is 0 Å². The first-order valence-corrected chi connectivity index (χ1v) is 8.17. The quantitative estimate of drug-likeness (QED) is 0.889. The summed E-state index contributed by atoms with van der Waals surface area (Å²) < 4.78 is 5.07. The maximum atomic E-state index is 12.0. The molecule has 1 aliphatic rings. The van der Waals surface area contributed by atoms with Gasteiger partial charge in [0.2, 0.25) is 0 Å². The van der Waals surface area contributed by atoms with Crippen molar-refractivity contribution in [2.75, 3.05) is 26.2 Å². The normalized spacial score (nSPS) is 18.2. The highest BCUT2D eigenvalue weighted by molar-refractivity contribution is 5.93. The number of aryl methyl sites for hydroxylation is 1. The molecule has 1 aliphatic heterocycles. The number of rotatable bonds is 6. The van der Waals surface area contributed by atoms with Gasteiger partial charge in [-0.3, -0.25) is 4.79 Å². The highest BCUT2D eigenvalue weighted by Gasteiger charge is 2.23. The molecule has 1 aromatic carbocycles. The zero-order valence-corrected chi connectivity index (χ0v) is 13.5. The van der Waals surface area contributed by atoms with Crippen molar-refractivity contribution in [3.05, 3.63) is 53.7 Å². The average molecular weight is 313 g/mol.